The van der Waals surface area contributed by atoms with Crippen molar-refractivity contribution in [3.63, 3.8) is 0 Å². The molecule has 1 N–H and O–H groups in total. The van der Waals surface area contributed by atoms with Crippen LogP contribution in [-0.4, -0.2) is 30.8 Å². The lowest BCUT2D eigenvalue weighted by Gasteiger charge is -2.27. The van der Waals surface area contributed by atoms with Crippen molar-refractivity contribution in [2.75, 3.05) is 13.2 Å². The van der Waals surface area contributed by atoms with Gasteiger partial charge in [0, 0.05) is 0 Å². The van der Waals surface area contributed by atoms with Crippen LogP contribution >= 0.6 is 0 Å². The summed E-state index contributed by atoms with van der Waals surface area (Å²) < 4.78 is 10.5. The maximum absolute atomic E-state index is 12.6. The highest BCUT2D eigenvalue weighted by Gasteiger charge is 2.44. The Hall–Kier alpha value is -1.70. The van der Waals surface area contributed by atoms with Crippen LogP contribution in [0.5, 0.6) is 0 Å². The highest BCUT2D eigenvalue weighted by atomic mass is 16.6. The zero-order chi connectivity index (χ0) is 21.9. The van der Waals surface area contributed by atoms with Gasteiger partial charge in [0.25, 0.3) is 0 Å². The third-order valence-corrected chi connectivity index (χ3v) is 5.87. The van der Waals surface area contributed by atoms with Gasteiger partial charge in [-0.15, -0.1) is 5.92 Å². The van der Waals surface area contributed by atoms with Crippen molar-refractivity contribution in [2.24, 2.45) is 0 Å². The van der Waals surface area contributed by atoms with Crippen LogP contribution in [0.1, 0.15) is 117 Å². The highest BCUT2D eigenvalue weighted by Crippen LogP contribution is 2.31. The number of alkyl carbamates (subject to hydrolysis) is 1. The topological polar surface area (TPSA) is 64.6 Å². The largest absolute Gasteiger partial charge is 0.464 e. The second-order valence-electron chi connectivity index (χ2n) is 8.44. The third kappa shape index (κ3) is 11.5. The number of hydrogen-bond donors (Lipinski definition) is 1. The number of hydrogen-bond acceptors (Lipinski definition) is 4. The van der Waals surface area contributed by atoms with E-state index in [1.807, 2.05) is 0 Å². The summed E-state index contributed by atoms with van der Waals surface area (Å²) in [6, 6.07) is 0. The summed E-state index contributed by atoms with van der Waals surface area (Å²) in [7, 11) is 0. The minimum atomic E-state index is -0.923. The molecular weight excluding hydrogens is 378 g/mol. The van der Waals surface area contributed by atoms with Gasteiger partial charge in [-0.2, -0.15) is 0 Å². The van der Waals surface area contributed by atoms with E-state index in [-0.39, 0.29) is 12.6 Å². The first-order chi connectivity index (χ1) is 14.6. The molecule has 1 fully saturated rings. The van der Waals surface area contributed by atoms with Crippen molar-refractivity contribution in [1.29, 1.82) is 0 Å². The van der Waals surface area contributed by atoms with Crippen molar-refractivity contribution < 1.29 is 19.1 Å². The molecule has 0 aromatic rings. The average Bonchev–Trinajstić information content (AvgIpc) is 3.21. The lowest BCUT2D eigenvalue weighted by molar-refractivity contribution is -0.151. The number of esters is 1. The van der Waals surface area contributed by atoms with Crippen LogP contribution in [0.3, 0.4) is 0 Å². The minimum absolute atomic E-state index is 0.0340. The average molecular weight is 422 g/mol. The summed E-state index contributed by atoms with van der Waals surface area (Å²) in [5.41, 5.74) is -0.923. The molecule has 0 bridgehead atoms. The van der Waals surface area contributed by atoms with Crippen LogP contribution in [0.25, 0.3) is 0 Å². The van der Waals surface area contributed by atoms with Crippen molar-refractivity contribution in [2.45, 2.75) is 122 Å². The number of unbranched alkanes of at least 4 members (excludes halogenated alkanes) is 11. The Morgan fingerprint density at radius 3 is 1.90 bits per heavy atom. The molecule has 5 nitrogen and oxygen atoms in total. The molecule has 1 saturated carbocycles. The molecule has 0 aromatic carbocycles. The van der Waals surface area contributed by atoms with E-state index in [9.17, 15) is 9.59 Å². The van der Waals surface area contributed by atoms with Crippen molar-refractivity contribution >= 4 is 12.1 Å². The second kappa shape index (κ2) is 17.0. The molecule has 172 valence electrons. The first kappa shape index (κ1) is 26.3. The van der Waals surface area contributed by atoms with E-state index in [0.717, 1.165) is 25.7 Å². The Labute approximate surface area is 184 Å². The van der Waals surface area contributed by atoms with Crippen LogP contribution in [0.2, 0.25) is 0 Å². The van der Waals surface area contributed by atoms with Crippen molar-refractivity contribution in [3.05, 3.63) is 0 Å². The van der Waals surface area contributed by atoms with Crippen LogP contribution in [0.15, 0.2) is 0 Å². The zero-order valence-corrected chi connectivity index (χ0v) is 19.4. The van der Waals surface area contributed by atoms with Gasteiger partial charge < -0.3 is 14.8 Å². The molecule has 5 heteroatoms. The molecule has 0 spiro atoms. The maximum Gasteiger partial charge on any atom is 0.409 e. The second-order valence-corrected chi connectivity index (χ2v) is 8.44. The van der Waals surface area contributed by atoms with Crippen LogP contribution in [-0.2, 0) is 14.3 Å². The van der Waals surface area contributed by atoms with E-state index >= 15 is 0 Å². The number of rotatable bonds is 16. The number of amides is 1. The Morgan fingerprint density at radius 2 is 1.37 bits per heavy atom. The van der Waals surface area contributed by atoms with Gasteiger partial charge in [-0.3, -0.25) is 0 Å². The molecule has 0 heterocycles. The Morgan fingerprint density at radius 1 is 0.833 bits per heavy atom. The molecule has 1 rings (SSSR count). The van der Waals surface area contributed by atoms with Crippen molar-refractivity contribution in [3.8, 4) is 11.8 Å². The van der Waals surface area contributed by atoms with Gasteiger partial charge in [-0.05, 0) is 26.2 Å². The van der Waals surface area contributed by atoms with Crippen LogP contribution in [0, 0.1) is 11.8 Å². The van der Waals surface area contributed by atoms with Crippen LogP contribution in [0.4, 0.5) is 4.79 Å². The molecule has 1 aliphatic carbocycles. The predicted octanol–water partition coefficient (Wildman–Crippen LogP) is 6.29. The lowest BCUT2D eigenvalue weighted by Crippen LogP contribution is -2.53. The van der Waals surface area contributed by atoms with Gasteiger partial charge in [-0.1, -0.05) is 96.3 Å². The fourth-order valence-electron chi connectivity index (χ4n) is 4.01. The molecule has 30 heavy (non-hydrogen) atoms. The zero-order valence-electron chi connectivity index (χ0n) is 19.4. The number of ether oxygens (including phenoxy) is 2. The molecular formula is C25H43NO4. The third-order valence-electron chi connectivity index (χ3n) is 5.87. The van der Waals surface area contributed by atoms with Crippen LogP contribution < -0.4 is 5.32 Å². The monoisotopic (exact) mass is 421 g/mol. The first-order valence-corrected chi connectivity index (χ1v) is 12.2. The fraction of sp³-hybridized carbons (Fsp3) is 0.840. The number of carbonyl (C=O) groups is 2. The summed E-state index contributed by atoms with van der Waals surface area (Å²) in [5.74, 6) is 5.03. The van der Waals surface area contributed by atoms with E-state index in [4.69, 9.17) is 9.47 Å². The molecule has 0 aromatic heterocycles. The van der Waals surface area contributed by atoms with E-state index in [0.29, 0.717) is 19.4 Å². The highest BCUT2D eigenvalue weighted by molar-refractivity contribution is 5.86. The Bertz CT molecular complexity index is 529. The smallest absolute Gasteiger partial charge is 0.409 e. The van der Waals surface area contributed by atoms with E-state index < -0.39 is 11.6 Å². The minimum Gasteiger partial charge on any atom is -0.464 e. The summed E-state index contributed by atoms with van der Waals surface area (Å²) >= 11 is 0. The van der Waals surface area contributed by atoms with E-state index in [1.165, 1.54) is 64.2 Å². The summed E-state index contributed by atoms with van der Waals surface area (Å²) in [5, 5.41) is 2.74. The first-order valence-electron chi connectivity index (χ1n) is 12.2. The Balaban J connectivity index is 2.09. The van der Waals surface area contributed by atoms with Gasteiger partial charge >= 0.3 is 12.1 Å². The van der Waals surface area contributed by atoms with E-state index in [2.05, 4.69) is 24.1 Å². The summed E-state index contributed by atoms with van der Waals surface area (Å²) in [4.78, 5) is 24.6. The summed E-state index contributed by atoms with van der Waals surface area (Å²) in [6.45, 7) is 4.40. The molecule has 0 unspecified atom stereocenters. The van der Waals surface area contributed by atoms with Crippen molar-refractivity contribution in [1.82, 2.24) is 5.32 Å². The maximum atomic E-state index is 12.6. The Kier molecular flexibility index (Phi) is 14.9. The molecule has 1 amide bonds. The summed E-state index contributed by atoms with van der Waals surface area (Å²) in [6.07, 6.45) is 17.7. The SMILES string of the molecule is CC#CCOC(=O)NC1(C(=O)OCCCCCCCCCCCCCC)CCCC1. The van der Waals surface area contributed by atoms with Gasteiger partial charge in [0.2, 0.25) is 0 Å². The number of nitrogens with one attached hydrogen (secondary N) is 1. The van der Waals surface area contributed by atoms with Gasteiger partial charge in [0.1, 0.15) is 5.54 Å². The molecule has 0 saturated heterocycles. The normalized spacial score (nSPS) is 14.6. The molecule has 0 atom stereocenters. The predicted molar refractivity (Wildman–Crippen MR) is 121 cm³/mol. The van der Waals surface area contributed by atoms with Gasteiger partial charge in [0.15, 0.2) is 6.61 Å². The molecule has 0 aliphatic heterocycles. The lowest BCUT2D eigenvalue weighted by atomic mass is 9.98. The molecule has 1 aliphatic rings. The quantitative estimate of drug-likeness (QED) is 0.181. The molecule has 0 radical (unpaired) electrons. The standard InChI is InChI=1S/C25H43NO4/c1-3-5-7-8-9-10-11-12-13-14-15-18-22-29-23(27)25(19-16-17-20-25)26-24(28)30-21-6-4-2/h3,5,7-22H2,1-2H3,(H,26,28). The number of carbonyl (C=O) groups excluding carboxylic acids is 2. The van der Waals surface area contributed by atoms with E-state index in [1.54, 1.807) is 6.92 Å². The van der Waals surface area contributed by atoms with Gasteiger partial charge in [-0.25, -0.2) is 9.59 Å². The fourth-order valence-corrected chi connectivity index (χ4v) is 4.01. The van der Waals surface area contributed by atoms with Gasteiger partial charge in [0.05, 0.1) is 6.61 Å².